The Labute approximate surface area is 330 Å². The van der Waals surface area contributed by atoms with Gasteiger partial charge in [-0.1, -0.05) is 69.3 Å². The van der Waals surface area contributed by atoms with Gasteiger partial charge in [0.1, 0.15) is 17.9 Å². The van der Waals surface area contributed by atoms with Crippen molar-refractivity contribution in [1.82, 2.24) is 20.6 Å². The van der Waals surface area contributed by atoms with Gasteiger partial charge in [0.05, 0.1) is 26.4 Å². The molecule has 9 atom stereocenters. The predicted molar refractivity (Wildman–Crippen MR) is 214 cm³/mol. The molecule has 3 aromatic carbocycles. The molecule has 2 bridgehead atoms. The zero-order chi connectivity index (χ0) is 40.5. The molecule has 0 aromatic heterocycles. The second kappa shape index (κ2) is 17.0. The molecule has 12 heteroatoms. The Morgan fingerprint density at radius 3 is 2.38 bits per heavy atom. The number of hydrogen-bond acceptors (Lipinski definition) is 9. The summed E-state index contributed by atoms with van der Waals surface area (Å²) in [4.78, 5) is 49.0. The Bertz CT molecular complexity index is 1880. The average molecular weight is 770 g/mol. The molecule has 302 valence electrons. The van der Waals surface area contributed by atoms with Gasteiger partial charge in [0, 0.05) is 46.8 Å². The van der Waals surface area contributed by atoms with Crippen molar-refractivity contribution in [3.63, 3.8) is 0 Å². The molecule has 3 amide bonds. The maximum Gasteiger partial charge on any atom is 0.251 e. The number of nitrogens with zero attached hydrogens (tertiary/aromatic N) is 2. The molecule has 7 rings (SSSR count). The van der Waals surface area contributed by atoms with Crippen molar-refractivity contribution in [2.75, 3.05) is 34.4 Å². The number of ether oxygens (including phenoxy) is 1. The number of aliphatic hydroxyl groups excluding tert-OH is 2. The van der Waals surface area contributed by atoms with Crippen molar-refractivity contribution in [1.29, 1.82) is 0 Å². The molecule has 3 saturated carbocycles. The number of hydroxylamine groups is 2. The molecule has 4 fully saturated rings. The van der Waals surface area contributed by atoms with Gasteiger partial charge in [-0.2, -0.15) is 5.06 Å². The molecule has 3 aromatic rings. The van der Waals surface area contributed by atoms with E-state index in [1.54, 1.807) is 24.1 Å². The highest BCUT2D eigenvalue weighted by atomic mass is 16.7. The van der Waals surface area contributed by atoms with Crippen LogP contribution in [0.5, 0.6) is 5.75 Å². The van der Waals surface area contributed by atoms with Crippen LogP contribution in [-0.4, -0.2) is 103 Å². The van der Waals surface area contributed by atoms with Crippen LogP contribution >= 0.6 is 0 Å². The molecule has 56 heavy (non-hydrogen) atoms. The number of hydrogen-bond donors (Lipinski definition) is 5. The van der Waals surface area contributed by atoms with Gasteiger partial charge in [-0.05, 0) is 92.8 Å². The first-order valence-corrected chi connectivity index (χ1v) is 19.8. The van der Waals surface area contributed by atoms with E-state index >= 15 is 0 Å². The van der Waals surface area contributed by atoms with E-state index < -0.39 is 30.1 Å². The SMILES string of the molecule is COc1c(CN2O[C@@H](CO)[C@H]([C@H](C)O)[C@H]2C(=O)N[C@H]2C[C@H]3C[C@@H]([C@@H]2C)C3(C)C)cccc1-c1cc(C(N)=O)cc(C(=O)N[C@@H](Cc2ccccc2)CN(C)C)c1. The molecule has 6 N–H and O–H groups in total. The van der Waals surface area contributed by atoms with E-state index in [-0.39, 0.29) is 53.6 Å². The van der Waals surface area contributed by atoms with Gasteiger partial charge in [-0.25, -0.2) is 0 Å². The smallest absolute Gasteiger partial charge is 0.251 e. The Morgan fingerprint density at radius 1 is 1.05 bits per heavy atom. The van der Waals surface area contributed by atoms with Gasteiger partial charge in [0.15, 0.2) is 0 Å². The molecule has 3 aliphatic carbocycles. The minimum Gasteiger partial charge on any atom is -0.496 e. The van der Waals surface area contributed by atoms with Crippen LogP contribution in [0.15, 0.2) is 66.7 Å². The first-order chi connectivity index (χ1) is 26.6. The molecule has 0 spiro atoms. The van der Waals surface area contributed by atoms with Crippen LogP contribution in [-0.2, 0) is 22.6 Å². The summed E-state index contributed by atoms with van der Waals surface area (Å²) in [5.41, 5.74) is 9.37. The molecule has 0 unspecified atom stereocenters. The standard InChI is InChI=1S/C44H59N5O7/c1-25-35-20-32(44(35,3)4)21-36(25)47-43(54)39-38(26(2)51)37(24-50)56-49(39)22-28-14-11-15-34(40(28)55-7)29-17-30(41(45)52)19-31(18-29)42(53)46-33(23-48(5)6)16-27-12-9-8-10-13-27/h8-15,17-19,25-26,32-33,35-39,50-51H,16,20-24H2,1-7H3,(H2,45,52)(H,46,53)(H,47,54)/t25-,26-,32+,33-,35-,36-,37-,38-,39-/m0/s1. The van der Waals surface area contributed by atoms with Crippen molar-refractivity contribution in [2.24, 2.45) is 34.8 Å². The second-order valence-electron chi connectivity index (χ2n) is 17.0. The summed E-state index contributed by atoms with van der Waals surface area (Å²) in [6.07, 6.45) is 0.951. The van der Waals surface area contributed by atoms with Crippen LogP contribution in [0.1, 0.15) is 72.4 Å². The minimum atomic E-state index is -0.941. The van der Waals surface area contributed by atoms with Gasteiger partial charge in [-0.15, -0.1) is 0 Å². The first-order valence-electron chi connectivity index (χ1n) is 19.8. The lowest BCUT2D eigenvalue weighted by atomic mass is 9.45. The maximum absolute atomic E-state index is 14.3. The van der Waals surface area contributed by atoms with Crippen molar-refractivity contribution >= 4 is 17.7 Å². The first kappa shape index (κ1) is 41.3. The molecule has 1 aliphatic heterocycles. The Hall–Kier alpha value is -4.33. The monoisotopic (exact) mass is 769 g/mol. The van der Waals surface area contributed by atoms with E-state index in [4.69, 9.17) is 15.3 Å². The third-order valence-corrected chi connectivity index (χ3v) is 12.7. The number of likely N-dealkylation sites (N-methyl/N-ethyl adjacent to an activating group) is 1. The van der Waals surface area contributed by atoms with E-state index in [2.05, 4.69) is 31.4 Å². The fourth-order valence-corrected chi connectivity index (χ4v) is 9.66. The number of nitrogens with one attached hydrogen (secondary N) is 2. The Balaban J connectivity index is 1.28. The minimum absolute atomic E-state index is 0.00208. The Morgan fingerprint density at radius 2 is 1.77 bits per heavy atom. The number of para-hydroxylation sites is 1. The fraction of sp³-hybridized carbons (Fsp3) is 0.523. The molecule has 1 heterocycles. The van der Waals surface area contributed by atoms with Crippen molar-refractivity contribution in [2.45, 2.75) is 83.8 Å². The number of aliphatic hydroxyl groups is 2. The van der Waals surface area contributed by atoms with E-state index in [0.29, 0.717) is 53.2 Å². The molecule has 0 radical (unpaired) electrons. The van der Waals surface area contributed by atoms with Gasteiger partial charge < -0.3 is 36.2 Å². The topological polar surface area (TPSA) is 167 Å². The van der Waals surface area contributed by atoms with Crippen LogP contribution < -0.4 is 21.1 Å². The van der Waals surface area contributed by atoms with Crippen LogP contribution in [0.3, 0.4) is 0 Å². The molecular weight excluding hydrogens is 711 g/mol. The van der Waals surface area contributed by atoms with Gasteiger partial charge >= 0.3 is 0 Å². The number of rotatable bonds is 15. The number of carbonyl (C=O) groups is 3. The summed E-state index contributed by atoms with van der Waals surface area (Å²) in [6, 6.07) is 19.2. The zero-order valence-electron chi connectivity index (χ0n) is 33.7. The summed E-state index contributed by atoms with van der Waals surface area (Å²) in [5, 5.41) is 29.3. The highest BCUT2D eigenvalue weighted by Crippen LogP contribution is 2.61. The highest BCUT2D eigenvalue weighted by molar-refractivity contribution is 6.01. The Kier molecular flexibility index (Phi) is 12.6. The predicted octanol–water partition coefficient (Wildman–Crippen LogP) is 4.02. The number of primary amides is 1. The average Bonchev–Trinajstić information content (AvgIpc) is 3.53. The second-order valence-corrected chi connectivity index (χ2v) is 17.0. The van der Waals surface area contributed by atoms with E-state index in [0.717, 1.165) is 12.0 Å². The fourth-order valence-electron chi connectivity index (χ4n) is 9.66. The van der Waals surface area contributed by atoms with Crippen molar-refractivity contribution in [3.05, 3.63) is 89.0 Å². The van der Waals surface area contributed by atoms with E-state index in [1.165, 1.54) is 19.6 Å². The number of fused-ring (bicyclic) bond motifs is 2. The number of carbonyl (C=O) groups excluding carboxylic acids is 3. The zero-order valence-corrected chi connectivity index (χ0v) is 33.7. The summed E-state index contributed by atoms with van der Waals surface area (Å²) >= 11 is 0. The van der Waals surface area contributed by atoms with Gasteiger partial charge in [-0.3, -0.25) is 19.2 Å². The highest BCUT2D eigenvalue weighted by Gasteiger charge is 2.57. The summed E-state index contributed by atoms with van der Waals surface area (Å²) < 4.78 is 6.01. The molecule has 1 saturated heterocycles. The maximum atomic E-state index is 14.3. The van der Waals surface area contributed by atoms with E-state index in [9.17, 15) is 24.6 Å². The van der Waals surface area contributed by atoms with Crippen LogP contribution in [0.4, 0.5) is 0 Å². The third-order valence-electron chi connectivity index (χ3n) is 12.7. The number of amides is 3. The van der Waals surface area contributed by atoms with Gasteiger partial charge in [0.25, 0.3) is 5.91 Å². The number of methoxy groups -OCH3 is 1. The number of benzene rings is 3. The summed E-state index contributed by atoms with van der Waals surface area (Å²) in [6.45, 7) is 8.77. The lowest BCUT2D eigenvalue weighted by Crippen LogP contribution is -2.62. The third kappa shape index (κ3) is 8.50. The van der Waals surface area contributed by atoms with Crippen molar-refractivity contribution in [3.8, 4) is 16.9 Å². The van der Waals surface area contributed by atoms with E-state index in [1.807, 2.05) is 67.5 Å². The van der Waals surface area contributed by atoms with Gasteiger partial charge in [0.2, 0.25) is 11.8 Å². The summed E-state index contributed by atoms with van der Waals surface area (Å²) in [7, 11) is 5.43. The normalized spacial score (nSPS) is 26.6. The lowest BCUT2D eigenvalue weighted by Gasteiger charge is -2.62. The van der Waals surface area contributed by atoms with Crippen molar-refractivity contribution < 1.29 is 34.2 Å². The van der Waals surface area contributed by atoms with Crippen LogP contribution in [0.2, 0.25) is 0 Å². The van der Waals surface area contributed by atoms with Crippen LogP contribution in [0.25, 0.3) is 11.1 Å². The molecular formula is C44H59N5O7. The number of nitrogens with two attached hydrogens (primary N) is 1. The quantitative estimate of drug-likeness (QED) is 0.154. The summed E-state index contributed by atoms with van der Waals surface area (Å²) in [5.74, 6) is -0.147. The largest absolute Gasteiger partial charge is 0.496 e. The molecule has 12 nitrogen and oxygen atoms in total. The molecule has 4 aliphatic rings. The van der Waals surface area contributed by atoms with Crippen LogP contribution in [0, 0.1) is 29.1 Å². The lowest BCUT2D eigenvalue weighted by molar-refractivity contribution is -0.183.